The molecule has 0 atom stereocenters. The van der Waals surface area contributed by atoms with E-state index < -0.39 is 0 Å². The lowest BCUT2D eigenvalue weighted by Gasteiger charge is -2.19. The standard InChI is InChI=1S/C17H19N/c1-13-5-2-3-6-16(13)11-14-8-9-15-7-4-10-18-17(15)12-14/h2-3,5-6,8-9,12,18H,4,7,10-11H2,1H3. The highest BCUT2D eigenvalue weighted by molar-refractivity contribution is 5.55. The summed E-state index contributed by atoms with van der Waals surface area (Å²) in [5.41, 5.74) is 7.01. The molecule has 0 saturated carbocycles. The molecule has 3 rings (SSSR count). The zero-order valence-corrected chi connectivity index (χ0v) is 10.9. The Hall–Kier alpha value is -1.76. The first-order valence-electron chi connectivity index (χ1n) is 6.73. The zero-order valence-electron chi connectivity index (χ0n) is 10.9. The molecule has 0 amide bonds. The predicted molar refractivity (Wildman–Crippen MR) is 77.2 cm³/mol. The quantitative estimate of drug-likeness (QED) is 0.834. The molecule has 2 aromatic carbocycles. The van der Waals surface area contributed by atoms with E-state index >= 15 is 0 Å². The first-order valence-corrected chi connectivity index (χ1v) is 6.73. The third-order valence-corrected chi connectivity index (χ3v) is 3.77. The van der Waals surface area contributed by atoms with Gasteiger partial charge in [0.05, 0.1) is 0 Å². The van der Waals surface area contributed by atoms with Gasteiger partial charge in [0.2, 0.25) is 0 Å². The summed E-state index contributed by atoms with van der Waals surface area (Å²) >= 11 is 0. The molecule has 0 radical (unpaired) electrons. The lowest BCUT2D eigenvalue weighted by atomic mass is 9.96. The van der Waals surface area contributed by atoms with Gasteiger partial charge in [0, 0.05) is 12.2 Å². The van der Waals surface area contributed by atoms with Gasteiger partial charge in [0.25, 0.3) is 0 Å². The van der Waals surface area contributed by atoms with Gasteiger partial charge in [0.1, 0.15) is 0 Å². The molecule has 92 valence electrons. The van der Waals surface area contributed by atoms with Crippen LogP contribution >= 0.6 is 0 Å². The van der Waals surface area contributed by atoms with E-state index in [1.807, 2.05) is 0 Å². The van der Waals surface area contributed by atoms with Gasteiger partial charge in [-0.25, -0.2) is 0 Å². The van der Waals surface area contributed by atoms with E-state index in [2.05, 4.69) is 54.7 Å². The smallest absolute Gasteiger partial charge is 0.0375 e. The van der Waals surface area contributed by atoms with Crippen molar-refractivity contribution in [1.29, 1.82) is 0 Å². The lowest BCUT2D eigenvalue weighted by Crippen LogP contribution is -2.11. The minimum Gasteiger partial charge on any atom is -0.385 e. The van der Waals surface area contributed by atoms with Crippen molar-refractivity contribution in [2.24, 2.45) is 0 Å². The van der Waals surface area contributed by atoms with Crippen LogP contribution in [-0.4, -0.2) is 6.54 Å². The first kappa shape index (κ1) is 11.3. The summed E-state index contributed by atoms with van der Waals surface area (Å²) in [5.74, 6) is 0. The predicted octanol–water partition coefficient (Wildman–Crippen LogP) is 3.94. The number of nitrogens with one attached hydrogen (secondary N) is 1. The van der Waals surface area contributed by atoms with Crippen molar-refractivity contribution in [3.63, 3.8) is 0 Å². The van der Waals surface area contributed by atoms with Crippen LogP contribution in [0.5, 0.6) is 0 Å². The molecular formula is C17H19N. The highest BCUT2D eigenvalue weighted by atomic mass is 14.9. The van der Waals surface area contributed by atoms with Gasteiger partial charge >= 0.3 is 0 Å². The fourth-order valence-electron chi connectivity index (χ4n) is 2.65. The molecule has 1 nitrogen and oxygen atoms in total. The Balaban J connectivity index is 1.87. The van der Waals surface area contributed by atoms with Crippen LogP contribution in [0.4, 0.5) is 5.69 Å². The molecule has 1 aliphatic heterocycles. The van der Waals surface area contributed by atoms with Crippen LogP contribution < -0.4 is 5.32 Å². The summed E-state index contributed by atoms with van der Waals surface area (Å²) in [4.78, 5) is 0. The Kier molecular flexibility index (Phi) is 3.06. The monoisotopic (exact) mass is 237 g/mol. The highest BCUT2D eigenvalue weighted by Crippen LogP contribution is 2.24. The Morgan fingerprint density at radius 3 is 2.89 bits per heavy atom. The lowest BCUT2D eigenvalue weighted by molar-refractivity contribution is 0.829. The SMILES string of the molecule is Cc1ccccc1Cc1ccc2c(c1)NCCC2. The molecule has 1 aliphatic rings. The molecule has 18 heavy (non-hydrogen) atoms. The summed E-state index contributed by atoms with van der Waals surface area (Å²) in [6, 6.07) is 15.5. The fraction of sp³-hybridized carbons (Fsp3) is 0.294. The Bertz CT molecular complexity index is 557. The molecule has 1 heterocycles. The van der Waals surface area contributed by atoms with Crippen molar-refractivity contribution in [3.05, 3.63) is 64.7 Å². The number of benzene rings is 2. The van der Waals surface area contributed by atoms with Crippen LogP contribution in [0.3, 0.4) is 0 Å². The topological polar surface area (TPSA) is 12.0 Å². The molecule has 0 bridgehead atoms. The van der Waals surface area contributed by atoms with E-state index in [1.54, 1.807) is 0 Å². The van der Waals surface area contributed by atoms with E-state index in [9.17, 15) is 0 Å². The van der Waals surface area contributed by atoms with Crippen LogP contribution in [0.25, 0.3) is 0 Å². The van der Waals surface area contributed by atoms with Crippen molar-refractivity contribution in [1.82, 2.24) is 0 Å². The number of hydrogen-bond acceptors (Lipinski definition) is 1. The summed E-state index contributed by atoms with van der Waals surface area (Å²) < 4.78 is 0. The van der Waals surface area contributed by atoms with Gasteiger partial charge < -0.3 is 5.32 Å². The fourth-order valence-corrected chi connectivity index (χ4v) is 2.65. The maximum atomic E-state index is 3.50. The van der Waals surface area contributed by atoms with E-state index in [1.165, 1.54) is 40.8 Å². The molecule has 1 heteroatoms. The summed E-state index contributed by atoms with van der Waals surface area (Å²) in [7, 11) is 0. The maximum Gasteiger partial charge on any atom is 0.0375 e. The Labute approximate surface area is 109 Å². The van der Waals surface area contributed by atoms with Crippen molar-refractivity contribution in [3.8, 4) is 0 Å². The number of fused-ring (bicyclic) bond motifs is 1. The second-order valence-electron chi connectivity index (χ2n) is 5.13. The van der Waals surface area contributed by atoms with Crippen molar-refractivity contribution < 1.29 is 0 Å². The number of hydrogen-bond donors (Lipinski definition) is 1. The molecular weight excluding hydrogens is 218 g/mol. The van der Waals surface area contributed by atoms with Gasteiger partial charge in [0.15, 0.2) is 0 Å². The van der Waals surface area contributed by atoms with Crippen LogP contribution in [0.2, 0.25) is 0 Å². The van der Waals surface area contributed by atoms with Crippen LogP contribution in [0.1, 0.15) is 28.7 Å². The second kappa shape index (κ2) is 4.85. The van der Waals surface area contributed by atoms with Crippen molar-refractivity contribution in [2.45, 2.75) is 26.2 Å². The van der Waals surface area contributed by atoms with E-state index in [0.717, 1.165) is 13.0 Å². The summed E-state index contributed by atoms with van der Waals surface area (Å²) in [6.07, 6.45) is 3.50. The molecule has 1 N–H and O–H groups in total. The minimum absolute atomic E-state index is 1.03. The first-order chi connectivity index (χ1) is 8.83. The molecule has 0 unspecified atom stereocenters. The Morgan fingerprint density at radius 2 is 2.00 bits per heavy atom. The van der Waals surface area contributed by atoms with Crippen LogP contribution in [0, 0.1) is 6.92 Å². The molecule has 0 spiro atoms. The maximum absolute atomic E-state index is 3.50. The van der Waals surface area contributed by atoms with Crippen LogP contribution in [-0.2, 0) is 12.8 Å². The third-order valence-electron chi connectivity index (χ3n) is 3.77. The van der Waals surface area contributed by atoms with Crippen molar-refractivity contribution in [2.75, 3.05) is 11.9 Å². The average molecular weight is 237 g/mol. The molecule has 0 aromatic heterocycles. The van der Waals surface area contributed by atoms with Crippen molar-refractivity contribution >= 4 is 5.69 Å². The minimum atomic E-state index is 1.03. The second-order valence-corrected chi connectivity index (χ2v) is 5.13. The molecule has 0 saturated heterocycles. The van der Waals surface area contributed by atoms with E-state index in [4.69, 9.17) is 0 Å². The highest BCUT2D eigenvalue weighted by Gasteiger charge is 2.09. The van der Waals surface area contributed by atoms with Gasteiger partial charge in [-0.15, -0.1) is 0 Å². The normalized spacial score (nSPS) is 13.8. The van der Waals surface area contributed by atoms with Crippen LogP contribution in [0.15, 0.2) is 42.5 Å². The zero-order chi connectivity index (χ0) is 12.4. The molecule has 2 aromatic rings. The van der Waals surface area contributed by atoms with Gasteiger partial charge in [-0.2, -0.15) is 0 Å². The number of aryl methyl sites for hydroxylation is 2. The number of rotatable bonds is 2. The summed E-state index contributed by atoms with van der Waals surface area (Å²) in [5, 5.41) is 3.50. The van der Waals surface area contributed by atoms with E-state index in [-0.39, 0.29) is 0 Å². The van der Waals surface area contributed by atoms with E-state index in [0.29, 0.717) is 0 Å². The Morgan fingerprint density at radius 1 is 1.11 bits per heavy atom. The summed E-state index contributed by atoms with van der Waals surface area (Å²) in [6.45, 7) is 3.30. The van der Waals surface area contributed by atoms with Gasteiger partial charge in [-0.05, 0) is 54.5 Å². The number of anilines is 1. The third kappa shape index (κ3) is 2.26. The van der Waals surface area contributed by atoms with Gasteiger partial charge in [-0.3, -0.25) is 0 Å². The average Bonchev–Trinajstić information content (AvgIpc) is 2.41. The largest absolute Gasteiger partial charge is 0.385 e. The van der Waals surface area contributed by atoms with Gasteiger partial charge in [-0.1, -0.05) is 36.4 Å². The molecule has 0 aliphatic carbocycles. The molecule has 0 fully saturated rings.